The van der Waals surface area contributed by atoms with Gasteiger partial charge in [0.05, 0.1) is 0 Å². The molecule has 0 N–H and O–H groups in total. The number of amides is 1. The van der Waals surface area contributed by atoms with Gasteiger partial charge < -0.3 is 4.74 Å². The minimum Gasteiger partial charge on any atom is -0.425 e. The number of hydrogen-bond acceptors (Lipinski definition) is 4. The first-order valence-corrected chi connectivity index (χ1v) is 7.45. The Bertz CT molecular complexity index is 465. The number of hydrogen-bond donors (Lipinski definition) is 0. The van der Waals surface area contributed by atoms with Crippen molar-refractivity contribution < 1.29 is 14.3 Å². The van der Waals surface area contributed by atoms with E-state index in [2.05, 4.69) is 0 Å². The summed E-state index contributed by atoms with van der Waals surface area (Å²) in [6.07, 6.45) is 0.759. The summed E-state index contributed by atoms with van der Waals surface area (Å²) in [5.74, 6) is 0.0538. The second kappa shape index (κ2) is 7.55. The van der Waals surface area contributed by atoms with Crippen LogP contribution in [0.1, 0.15) is 27.2 Å². The fourth-order valence-corrected chi connectivity index (χ4v) is 2.60. The first kappa shape index (κ1) is 16.9. The third-order valence-corrected chi connectivity index (χ3v) is 3.90. The summed E-state index contributed by atoms with van der Waals surface area (Å²) < 4.78 is 5.76. The minimum atomic E-state index is -0.907. The molecule has 1 aromatic carbocycles. The fraction of sp³-hybridized carbons (Fsp3) is 0.429. The van der Waals surface area contributed by atoms with Crippen molar-refractivity contribution in [2.45, 2.75) is 31.9 Å². The van der Waals surface area contributed by atoms with Crippen LogP contribution < -0.4 is 4.74 Å². The maximum Gasteiger partial charge on any atom is 0.328 e. The van der Waals surface area contributed by atoms with Gasteiger partial charge in [0.2, 0.25) is 0 Å². The number of para-hydroxylation sites is 1. The number of rotatable bonds is 6. The molecular weight excluding hydrogens is 298 g/mol. The van der Waals surface area contributed by atoms with Crippen molar-refractivity contribution >= 4 is 34.9 Å². The van der Waals surface area contributed by atoms with Gasteiger partial charge in [0, 0.05) is 6.54 Å². The van der Waals surface area contributed by atoms with Gasteiger partial charge >= 0.3 is 11.3 Å². The van der Waals surface area contributed by atoms with Crippen molar-refractivity contribution in [1.82, 2.24) is 4.31 Å². The van der Waals surface area contributed by atoms with E-state index < -0.39 is 16.1 Å². The molecule has 0 fully saturated rings. The Morgan fingerprint density at radius 2 is 1.90 bits per heavy atom. The van der Waals surface area contributed by atoms with Crippen molar-refractivity contribution in [3.8, 4) is 5.75 Å². The van der Waals surface area contributed by atoms with E-state index in [0.29, 0.717) is 12.3 Å². The summed E-state index contributed by atoms with van der Waals surface area (Å²) in [4.78, 5) is 23.5. The van der Waals surface area contributed by atoms with Crippen molar-refractivity contribution in [2.24, 2.45) is 0 Å². The Kier molecular flexibility index (Phi) is 6.36. The molecule has 0 aromatic heterocycles. The molecule has 0 saturated carbocycles. The molecule has 0 atom stereocenters. The van der Waals surface area contributed by atoms with E-state index in [1.54, 1.807) is 38.1 Å². The largest absolute Gasteiger partial charge is 0.425 e. The highest BCUT2D eigenvalue weighted by Gasteiger charge is 2.34. The summed E-state index contributed by atoms with van der Waals surface area (Å²) in [6.45, 7) is 5.81. The topological polar surface area (TPSA) is 46.6 Å². The smallest absolute Gasteiger partial charge is 0.328 e. The molecule has 0 aliphatic rings. The van der Waals surface area contributed by atoms with Crippen LogP contribution in [0.5, 0.6) is 5.75 Å². The molecule has 0 saturated heterocycles. The molecule has 4 nitrogen and oxygen atoms in total. The lowest BCUT2D eigenvalue weighted by Crippen LogP contribution is -2.37. The maximum atomic E-state index is 12.2. The Morgan fingerprint density at radius 1 is 1.30 bits per heavy atom. The quantitative estimate of drug-likeness (QED) is 0.261. The van der Waals surface area contributed by atoms with Crippen LogP contribution in [0.3, 0.4) is 0 Å². The van der Waals surface area contributed by atoms with Crippen LogP contribution >= 0.6 is 23.5 Å². The highest BCUT2D eigenvalue weighted by Crippen LogP contribution is 2.31. The van der Waals surface area contributed by atoms with E-state index in [9.17, 15) is 9.59 Å². The number of benzene rings is 1. The highest BCUT2D eigenvalue weighted by molar-refractivity contribution is 7.99. The molecule has 0 aliphatic carbocycles. The van der Waals surface area contributed by atoms with Gasteiger partial charge in [0.25, 0.3) is 0 Å². The zero-order valence-electron chi connectivity index (χ0n) is 11.8. The second-order valence-corrected chi connectivity index (χ2v) is 6.63. The lowest BCUT2D eigenvalue weighted by atomic mass is 10.2. The maximum absolute atomic E-state index is 12.2. The number of halogens is 1. The molecule has 20 heavy (non-hydrogen) atoms. The summed E-state index contributed by atoms with van der Waals surface area (Å²) in [6, 6.07) is 8.82. The summed E-state index contributed by atoms with van der Waals surface area (Å²) in [5.41, 5.74) is 0. The van der Waals surface area contributed by atoms with E-state index in [1.807, 2.05) is 13.0 Å². The summed E-state index contributed by atoms with van der Waals surface area (Å²) in [5, 5.41) is -0.586. The van der Waals surface area contributed by atoms with Crippen LogP contribution in [0.2, 0.25) is 0 Å². The third-order valence-electron chi connectivity index (χ3n) is 2.41. The van der Waals surface area contributed by atoms with Crippen LogP contribution in [0.25, 0.3) is 0 Å². The Morgan fingerprint density at radius 3 is 2.40 bits per heavy atom. The number of nitrogens with zero attached hydrogens (tertiary/aromatic N) is 1. The van der Waals surface area contributed by atoms with E-state index >= 15 is 0 Å². The third kappa shape index (κ3) is 5.06. The SMILES string of the molecule is CCCN(SC(C)(C)C(=O)Oc1ccccc1)C(=O)Cl. The van der Waals surface area contributed by atoms with Crippen molar-refractivity contribution in [3.63, 3.8) is 0 Å². The van der Waals surface area contributed by atoms with Crippen LogP contribution in [-0.4, -0.2) is 26.9 Å². The minimum absolute atomic E-state index is 0.423. The van der Waals surface area contributed by atoms with Gasteiger partial charge in [-0.15, -0.1) is 0 Å². The van der Waals surface area contributed by atoms with E-state index in [1.165, 1.54) is 4.31 Å². The molecule has 1 aromatic rings. The Hall–Kier alpha value is -1.20. The fourth-order valence-electron chi connectivity index (χ4n) is 1.40. The van der Waals surface area contributed by atoms with Crippen molar-refractivity contribution in [2.75, 3.05) is 6.54 Å². The molecule has 0 radical (unpaired) electrons. The molecule has 0 spiro atoms. The molecular formula is C14H18ClNO3S. The lowest BCUT2D eigenvalue weighted by Gasteiger charge is -2.27. The summed E-state index contributed by atoms with van der Waals surface area (Å²) in [7, 11) is 0. The molecule has 1 amide bonds. The Balaban J connectivity index is 2.71. The number of esters is 1. The first-order chi connectivity index (χ1) is 9.36. The molecule has 0 heterocycles. The van der Waals surface area contributed by atoms with Gasteiger partial charge in [-0.05, 0) is 55.9 Å². The van der Waals surface area contributed by atoms with Gasteiger partial charge in [0.1, 0.15) is 10.5 Å². The molecule has 0 bridgehead atoms. The predicted octanol–water partition coefficient (Wildman–Crippen LogP) is 4.09. The molecule has 0 unspecified atom stereocenters. The molecule has 110 valence electrons. The average Bonchev–Trinajstić information content (AvgIpc) is 2.39. The van der Waals surface area contributed by atoms with Gasteiger partial charge in [-0.2, -0.15) is 0 Å². The van der Waals surface area contributed by atoms with Crippen LogP contribution in [0, 0.1) is 0 Å². The van der Waals surface area contributed by atoms with Gasteiger partial charge in [-0.25, -0.2) is 0 Å². The standard InChI is InChI=1S/C14H18ClNO3S/c1-4-10-16(13(15)18)20-14(2,3)12(17)19-11-8-6-5-7-9-11/h5-9H,4,10H2,1-3H3. The van der Waals surface area contributed by atoms with E-state index in [-0.39, 0.29) is 0 Å². The second-order valence-electron chi connectivity index (χ2n) is 4.66. The van der Waals surface area contributed by atoms with E-state index in [0.717, 1.165) is 18.4 Å². The number of carbonyl (C=O) groups is 2. The van der Waals surface area contributed by atoms with Crippen molar-refractivity contribution in [1.29, 1.82) is 0 Å². The van der Waals surface area contributed by atoms with Crippen LogP contribution in [-0.2, 0) is 4.79 Å². The van der Waals surface area contributed by atoms with E-state index in [4.69, 9.17) is 16.3 Å². The summed E-state index contributed by atoms with van der Waals surface area (Å²) >= 11 is 6.59. The monoisotopic (exact) mass is 315 g/mol. The lowest BCUT2D eigenvalue weighted by molar-refractivity contribution is -0.136. The van der Waals surface area contributed by atoms with Gasteiger partial charge in [-0.3, -0.25) is 13.9 Å². The zero-order chi connectivity index (χ0) is 15.2. The first-order valence-electron chi connectivity index (χ1n) is 6.30. The predicted molar refractivity (Wildman–Crippen MR) is 82.0 cm³/mol. The number of carbonyl (C=O) groups excluding carboxylic acids is 2. The van der Waals surface area contributed by atoms with Crippen molar-refractivity contribution in [3.05, 3.63) is 30.3 Å². The van der Waals surface area contributed by atoms with Crippen LogP contribution in [0.15, 0.2) is 30.3 Å². The Labute approximate surface area is 128 Å². The average molecular weight is 316 g/mol. The van der Waals surface area contributed by atoms with Gasteiger partial charge in [0.15, 0.2) is 0 Å². The molecule has 1 rings (SSSR count). The zero-order valence-corrected chi connectivity index (χ0v) is 13.3. The molecule has 0 aliphatic heterocycles. The van der Waals surface area contributed by atoms with Crippen LogP contribution in [0.4, 0.5) is 4.79 Å². The number of ether oxygens (including phenoxy) is 1. The van der Waals surface area contributed by atoms with Gasteiger partial charge in [-0.1, -0.05) is 25.1 Å². The molecule has 6 heteroatoms. The normalized spacial score (nSPS) is 11.0. The highest BCUT2D eigenvalue weighted by atomic mass is 35.5.